The minimum atomic E-state index is -0.531. The van der Waals surface area contributed by atoms with E-state index in [2.05, 4.69) is 5.32 Å². The number of aryl methyl sites for hydroxylation is 1. The molecule has 0 spiro atoms. The molecule has 0 heterocycles. The van der Waals surface area contributed by atoms with Gasteiger partial charge in [0.05, 0.1) is 21.7 Å². The Morgan fingerprint density at radius 3 is 2.54 bits per heavy atom. The highest BCUT2D eigenvalue weighted by atomic mass is 35.5. The van der Waals surface area contributed by atoms with Gasteiger partial charge < -0.3 is 10.1 Å². The van der Waals surface area contributed by atoms with Crippen LogP contribution in [-0.4, -0.2) is 18.5 Å². The topological polar surface area (TPSA) is 55.4 Å². The Morgan fingerprint density at radius 2 is 1.88 bits per heavy atom. The summed E-state index contributed by atoms with van der Waals surface area (Å²) < 4.78 is 5.03. The van der Waals surface area contributed by atoms with Crippen molar-refractivity contribution in [1.29, 1.82) is 0 Å². The van der Waals surface area contributed by atoms with E-state index in [1.807, 2.05) is 13.0 Å². The third kappa shape index (κ3) is 4.98. The molecule has 0 aromatic heterocycles. The summed E-state index contributed by atoms with van der Waals surface area (Å²) in [5, 5.41) is 3.61. The van der Waals surface area contributed by atoms with Crippen LogP contribution >= 0.6 is 23.2 Å². The molecule has 1 N–H and O–H groups in total. The predicted octanol–water partition coefficient (Wildman–Crippen LogP) is 4.34. The minimum absolute atomic E-state index is 0.287. The fourth-order valence-electron chi connectivity index (χ4n) is 2.13. The van der Waals surface area contributed by atoms with Crippen LogP contribution in [0.5, 0.6) is 0 Å². The zero-order chi connectivity index (χ0) is 17.7. The molecule has 0 fully saturated rings. The largest absolute Gasteiger partial charge is 0.452 e. The number of nitrogens with one attached hydrogen (secondary N) is 1. The molecule has 4 nitrogen and oxygen atoms in total. The Balaban J connectivity index is 1.88. The zero-order valence-electron chi connectivity index (χ0n) is 13.3. The second-order valence-corrected chi connectivity index (χ2v) is 6.22. The molecule has 1 unspecified atom stereocenters. The summed E-state index contributed by atoms with van der Waals surface area (Å²) in [6, 6.07) is 11.8. The number of ether oxygens (including phenoxy) is 1. The Hall–Kier alpha value is -2.04. The molecule has 0 aliphatic rings. The van der Waals surface area contributed by atoms with Gasteiger partial charge in [0.1, 0.15) is 0 Å². The molecule has 0 saturated heterocycles. The summed E-state index contributed by atoms with van der Waals surface area (Å²) in [6.45, 7) is 3.33. The molecule has 0 radical (unpaired) electrons. The van der Waals surface area contributed by atoms with Gasteiger partial charge in [0.25, 0.3) is 5.91 Å². The van der Waals surface area contributed by atoms with Gasteiger partial charge >= 0.3 is 5.97 Å². The highest BCUT2D eigenvalue weighted by Gasteiger charge is 2.14. The van der Waals surface area contributed by atoms with Crippen molar-refractivity contribution in [2.24, 2.45) is 0 Å². The van der Waals surface area contributed by atoms with Gasteiger partial charge in [0.2, 0.25) is 0 Å². The minimum Gasteiger partial charge on any atom is -0.452 e. The van der Waals surface area contributed by atoms with Gasteiger partial charge in [0, 0.05) is 0 Å². The highest BCUT2D eigenvalue weighted by Crippen LogP contribution is 2.25. The third-order valence-electron chi connectivity index (χ3n) is 3.41. The predicted molar refractivity (Wildman–Crippen MR) is 94.5 cm³/mol. The van der Waals surface area contributed by atoms with E-state index in [4.69, 9.17) is 27.9 Å². The highest BCUT2D eigenvalue weighted by molar-refractivity contribution is 6.42. The standard InChI is InChI=1S/C18H17Cl2NO3/c1-11-4-3-5-14(8-11)18(23)24-10-17(22)21-12(2)13-6-7-15(19)16(20)9-13/h3-9,12H,10H2,1-2H3,(H,21,22). The molecule has 24 heavy (non-hydrogen) atoms. The summed E-state index contributed by atoms with van der Waals surface area (Å²) in [7, 11) is 0. The second kappa shape index (κ2) is 8.18. The molecular weight excluding hydrogens is 349 g/mol. The van der Waals surface area contributed by atoms with E-state index in [0.717, 1.165) is 11.1 Å². The first-order valence-electron chi connectivity index (χ1n) is 7.35. The van der Waals surface area contributed by atoms with Crippen molar-refractivity contribution in [3.05, 3.63) is 69.2 Å². The van der Waals surface area contributed by atoms with Crippen molar-refractivity contribution in [2.45, 2.75) is 19.9 Å². The van der Waals surface area contributed by atoms with Crippen molar-refractivity contribution in [1.82, 2.24) is 5.32 Å². The van der Waals surface area contributed by atoms with Crippen LogP contribution in [0.3, 0.4) is 0 Å². The van der Waals surface area contributed by atoms with Crippen LogP contribution < -0.4 is 5.32 Å². The van der Waals surface area contributed by atoms with E-state index in [9.17, 15) is 9.59 Å². The number of rotatable bonds is 5. The van der Waals surface area contributed by atoms with Crippen LogP contribution in [0, 0.1) is 6.92 Å². The van der Waals surface area contributed by atoms with Crippen molar-refractivity contribution < 1.29 is 14.3 Å². The summed E-state index contributed by atoms with van der Waals surface area (Å²) in [6.07, 6.45) is 0. The van der Waals surface area contributed by atoms with Gasteiger partial charge in [-0.05, 0) is 43.7 Å². The van der Waals surface area contributed by atoms with E-state index in [0.29, 0.717) is 15.6 Å². The van der Waals surface area contributed by atoms with E-state index >= 15 is 0 Å². The van der Waals surface area contributed by atoms with Gasteiger partial charge in [-0.2, -0.15) is 0 Å². The van der Waals surface area contributed by atoms with E-state index in [-0.39, 0.29) is 12.6 Å². The molecule has 2 aromatic rings. The lowest BCUT2D eigenvalue weighted by Gasteiger charge is -2.15. The van der Waals surface area contributed by atoms with Crippen LogP contribution in [0.2, 0.25) is 10.0 Å². The smallest absolute Gasteiger partial charge is 0.338 e. The van der Waals surface area contributed by atoms with Gasteiger partial charge in [-0.25, -0.2) is 4.79 Å². The quantitative estimate of drug-likeness (QED) is 0.801. The Labute approximate surface area is 150 Å². The fourth-order valence-corrected chi connectivity index (χ4v) is 2.44. The summed E-state index contributed by atoms with van der Waals surface area (Å²) in [5.74, 6) is -0.925. The van der Waals surface area contributed by atoms with Gasteiger partial charge in [-0.1, -0.05) is 47.0 Å². The first-order chi connectivity index (χ1) is 11.4. The molecule has 0 saturated carbocycles. The molecule has 1 amide bonds. The number of halogens is 2. The van der Waals surface area contributed by atoms with Crippen molar-refractivity contribution >= 4 is 35.1 Å². The van der Waals surface area contributed by atoms with Crippen LogP contribution in [0.4, 0.5) is 0 Å². The number of benzene rings is 2. The number of esters is 1. The maximum Gasteiger partial charge on any atom is 0.338 e. The van der Waals surface area contributed by atoms with Crippen LogP contribution in [-0.2, 0) is 9.53 Å². The monoisotopic (exact) mass is 365 g/mol. The zero-order valence-corrected chi connectivity index (χ0v) is 14.8. The number of carbonyl (C=O) groups excluding carboxylic acids is 2. The summed E-state index contributed by atoms with van der Waals surface area (Å²) >= 11 is 11.8. The van der Waals surface area contributed by atoms with Gasteiger partial charge in [0.15, 0.2) is 6.61 Å². The Kier molecular flexibility index (Phi) is 6.23. The van der Waals surface area contributed by atoms with E-state index < -0.39 is 11.9 Å². The van der Waals surface area contributed by atoms with Crippen LogP contribution in [0.1, 0.15) is 34.5 Å². The maximum absolute atomic E-state index is 11.9. The normalized spacial score (nSPS) is 11.7. The molecule has 0 aliphatic heterocycles. The molecule has 0 bridgehead atoms. The fraction of sp³-hybridized carbons (Fsp3) is 0.222. The molecule has 126 valence electrons. The third-order valence-corrected chi connectivity index (χ3v) is 4.15. The Morgan fingerprint density at radius 1 is 1.12 bits per heavy atom. The first kappa shape index (κ1) is 18.3. The van der Waals surface area contributed by atoms with Crippen LogP contribution in [0.25, 0.3) is 0 Å². The maximum atomic E-state index is 11.9. The molecular formula is C18H17Cl2NO3. The number of carbonyl (C=O) groups is 2. The molecule has 2 rings (SSSR count). The van der Waals surface area contributed by atoms with Crippen molar-refractivity contribution in [3.8, 4) is 0 Å². The molecule has 1 atom stereocenters. The van der Waals surface area contributed by atoms with Gasteiger partial charge in [-0.15, -0.1) is 0 Å². The lowest BCUT2D eigenvalue weighted by Crippen LogP contribution is -2.31. The average molecular weight is 366 g/mol. The Bertz CT molecular complexity index is 762. The molecule has 2 aromatic carbocycles. The number of amides is 1. The number of hydrogen-bond donors (Lipinski definition) is 1. The van der Waals surface area contributed by atoms with Gasteiger partial charge in [-0.3, -0.25) is 4.79 Å². The lowest BCUT2D eigenvalue weighted by molar-refractivity contribution is -0.124. The molecule has 6 heteroatoms. The van der Waals surface area contributed by atoms with E-state index in [1.165, 1.54) is 0 Å². The summed E-state index contributed by atoms with van der Waals surface area (Å²) in [4.78, 5) is 23.8. The SMILES string of the molecule is Cc1cccc(C(=O)OCC(=O)NC(C)c2ccc(Cl)c(Cl)c2)c1. The van der Waals surface area contributed by atoms with E-state index in [1.54, 1.807) is 43.3 Å². The number of hydrogen-bond acceptors (Lipinski definition) is 3. The average Bonchev–Trinajstić information content (AvgIpc) is 2.55. The van der Waals surface area contributed by atoms with Crippen LogP contribution in [0.15, 0.2) is 42.5 Å². The lowest BCUT2D eigenvalue weighted by atomic mass is 10.1. The van der Waals surface area contributed by atoms with Crippen molar-refractivity contribution in [2.75, 3.05) is 6.61 Å². The second-order valence-electron chi connectivity index (χ2n) is 5.41. The van der Waals surface area contributed by atoms with Crippen molar-refractivity contribution in [3.63, 3.8) is 0 Å². The molecule has 0 aliphatic carbocycles. The summed E-state index contributed by atoms with van der Waals surface area (Å²) in [5.41, 5.74) is 2.17. The first-order valence-corrected chi connectivity index (χ1v) is 8.10.